The fourth-order valence-corrected chi connectivity index (χ4v) is 1.81. The zero-order valence-electron chi connectivity index (χ0n) is 10.5. The lowest BCUT2D eigenvalue weighted by Gasteiger charge is -2.16. The van der Waals surface area contributed by atoms with E-state index in [-0.39, 0.29) is 6.04 Å². The van der Waals surface area contributed by atoms with Crippen molar-refractivity contribution in [1.29, 1.82) is 0 Å². The standard InChI is InChI=1S/C12H22N4/c1-5-9(3)7-12(14-13)10-8-16(4)15-11(10)6-2/h8,12,14H,3,5-7,13H2,1-2,4H3. The van der Waals surface area contributed by atoms with Crippen molar-refractivity contribution in [3.8, 4) is 0 Å². The van der Waals surface area contributed by atoms with Gasteiger partial charge in [0.15, 0.2) is 0 Å². The average Bonchev–Trinajstić information content (AvgIpc) is 2.66. The molecule has 1 unspecified atom stereocenters. The number of hydrazine groups is 1. The van der Waals surface area contributed by atoms with E-state index in [1.54, 1.807) is 0 Å². The number of aryl methyl sites for hydroxylation is 2. The fraction of sp³-hybridized carbons (Fsp3) is 0.583. The molecular formula is C12H22N4. The smallest absolute Gasteiger partial charge is 0.0670 e. The molecule has 1 aromatic heterocycles. The van der Waals surface area contributed by atoms with Crippen LogP contribution < -0.4 is 11.3 Å². The number of nitrogens with zero attached hydrogens (tertiary/aromatic N) is 2. The normalized spacial score (nSPS) is 12.8. The predicted octanol–water partition coefficient (Wildman–Crippen LogP) is 1.84. The van der Waals surface area contributed by atoms with E-state index in [1.807, 2.05) is 17.9 Å². The van der Waals surface area contributed by atoms with Gasteiger partial charge in [-0.25, -0.2) is 0 Å². The maximum absolute atomic E-state index is 5.61. The molecule has 0 aliphatic carbocycles. The highest BCUT2D eigenvalue weighted by Crippen LogP contribution is 2.23. The molecule has 0 radical (unpaired) electrons. The van der Waals surface area contributed by atoms with Crippen LogP contribution in [0.2, 0.25) is 0 Å². The first-order valence-corrected chi connectivity index (χ1v) is 5.77. The summed E-state index contributed by atoms with van der Waals surface area (Å²) in [5.74, 6) is 5.61. The molecule has 1 aromatic rings. The summed E-state index contributed by atoms with van der Waals surface area (Å²) in [6.07, 6.45) is 4.81. The molecule has 0 saturated carbocycles. The van der Waals surface area contributed by atoms with Crippen LogP contribution in [0.15, 0.2) is 18.3 Å². The Morgan fingerprint density at radius 2 is 2.31 bits per heavy atom. The summed E-state index contributed by atoms with van der Waals surface area (Å²) in [7, 11) is 1.94. The lowest BCUT2D eigenvalue weighted by Crippen LogP contribution is -2.28. The van der Waals surface area contributed by atoms with E-state index < -0.39 is 0 Å². The van der Waals surface area contributed by atoms with Crippen molar-refractivity contribution in [2.45, 2.75) is 39.2 Å². The van der Waals surface area contributed by atoms with Crippen LogP contribution in [0.25, 0.3) is 0 Å². The van der Waals surface area contributed by atoms with Gasteiger partial charge in [-0.15, -0.1) is 0 Å². The summed E-state index contributed by atoms with van der Waals surface area (Å²) in [5.41, 5.74) is 6.35. The molecule has 0 bridgehead atoms. The molecule has 16 heavy (non-hydrogen) atoms. The van der Waals surface area contributed by atoms with Crippen molar-refractivity contribution in [3.63, 3.8) is 0 Å². The molecule has 0 aliphatic rings. The number of hydrogen-bond acceptors (Lipinski definition) is 3. The van der Waals surface area contributed by atoms with Crippen LogP contribution in [-0.2, 0) is 13.5 Å². The minimum Gasteiger partial charge on any atom is -0.275 e. The second-order valence-electron chi connectivity index (χ2n) is 4.09. The molecule has 4 nitrogen and oxygen atoms in total. The Bertz CT molecular complexity index is 354. The summed E-state index contributed by atoms with van der Waals surface area (Å²) in [6.45, 7) is 8.24. The van der Waals surface area contributed by atoms with Crippen LogP contribution in [0.1, 0.15) is 44.0 Å². The summed E-state index contributed by atoms with van der Waals surface area (Å²) in [6, 6.07) is 0.121. The summed E-state index contributed by atoms with van der Waals surface area (Å²) in [4.78, 5) is 0. The second kappa shape index (κ2) is 5.82. The third-order valence-corrected chi connectivity index (χ3v) is 2.84. The minimum absolute atomic E-state index is 0.121. The van der Waals surface area contributed by atoms with E-state index in [2.05, 4.69) is 31.0 Å². The molecule has 1 atom stereocenters. The van der Waals surface area contributed by atoms with Gasteiger partial charge in [0.2, 0.25) is 0 Å². The van der Waals surface area contributed by atoms with E-state index in [1.165, 1.54) is 11.1 Å². The summed E-state index contributed by atoms with van der Waals surface area (Å²) in [5, 5.41) is 4.42. The van der Waals surface area contributed by atoms with E-state index in [9.17, 15) is 0 Å². The van der Waals surface area contributed by atoms with Gasteiger partial charge in [0, 0.05) is 18.8 Å². The maximum atomic E-state index is 5.61. The number of rotatable bonds is 6. The second-order valence-corrected chi connectivity index (χ2v) is 4.09. The molecule has 3 N–H and O–H groups in total. The van der Waals surface area contributed by atoms with Gasteiger partial charge in [-0.1, -0.05) is 26.0 Å². The van der Waals surface area contributed by atoms with Gasteiger partial charge < -0.3 is 0 Å². The Labute approximate surface area is 97.5 Å². The van der Waals surface area contributed by atoms with Gasteiger partial charge in [-0.3, -0.25) is 16.0 Å². The van der Waals surface area contributed by atoms with Crippen LogP contribution >= 0.6 is 0 Å². The number of nitrogens with two attached hydrogens (primary N) is 1. The topological polar surface area (TPSA) is 55.9 Å². The van der Waals surface area contributed by atoms with Crippen LogP contribution in [0.3, 0.4) is 0 Å². The zero-order chi connectivity index (χ0) is 12.1. The molecule has 0 aromatic carbocycles. The molecule has 0 spiro atoms. The maximum Gasteiger partial charge on any atom is 0.0670 e. The Balaban J connectivity index is 2.89. The minimum atomic E-state index is 0.121. The molecule has 90 valence electrons. The van der Waals surface area contributed by atoms with Crippen LogP contribution in [0.4, 0.5) is 0 Å². The summed E-state index contributed by atoms with van der Waals surface area (Å²) < 4.78 is 1.84. The Kier molecular flexibility index (Phi) is 4.71. The van der Waals surface area contributed by atoms with E-state index in [0.717, 1.165) is 25.0 Å². The highest BCUT2D eigenvalue weighted by Gasteiger charge is 2.16. The first-order valence-electron chi connectivity index (χ1n) is 5.77. The molecule has 1 heterocycles. The Morgan fingerprint density at radius 1 is 1.62 bits per heavy atom. The van der Waals surface area contributed by atoms with Gasteiger partial charge in [-0.2, -0.15) is 5.10 Å². The lowest BCUT2D eigenvalue weighted by atomic mass is 9.99. The Hall–Kier alpha value is -1.13. The molecule has 0 fully saturated rings. The molecule has 0 aliphatic heterocycles. The van der Waals surface area contributed by atoms with Gasteiger partial charge >= 0.3 is 0 Å². The largest absolute Gasteiger partial charge is 0.275 e. The molecule has 4 heteroatoms. The summed E-state index contributed by atoms with van der Waals surface area (Å²) >= 11 is 0. The average molecular weight is 222 g/mol. The molecule has 1 rings (SSSR count). The lowest BCUT2D eigenvalue weighted by molar-refractivity contribution is 0.540. The fourth-order valence-electron chi connectivity index (χ4n) is 1.81. The zero-order valence-corrected chi connectivity index (χ0v) is 10.5. The van der Waals surface area contributed by atoms with Crippen molar-refractivity contribution >= 4 is 0 Å². The van der Waals surface area contributed by atoms with E-state index >= 15 is 0 Å². The van der Waals surface area contributed by atoms with Gasteiger partial charge in [0.1, 0.15) is 0 Å². The van der Waals surface area contributed by atoms with Crippen molar-refractivity contribution in [1.82, 2.24) is 15.2 Å². The van der Waals surface area contributed by atoms with Gasteiger partial charge in [0.05, 0.1) is 11.7 Å². The number of nitrogens with one attached hydrogen (secondary N) is 1. The monoisotopic (exact) mass is 222 g/mol. The number of aromatic nitrogens is 2. The molecule has 0 saturated heterocycles. The van der Waals surface area contributed by atoms with Crippen LogP contribution in [-0.4, -0.2) is 9.78 Å². The van der Waals surface area contributed by atoms with Crippen LogP contribution in [0.5, 0.6) is 0 Å². The third kappa shape index (κ3) is 2.93. The van der Waals surface area contributed by atoms with Crippen molar-refractivity contribution in [2.75, 3.05) is 0 Å². The van der Waals surface area contributed by atoms with Gasteiger partial charge in [0.25, 0.3) is 0 Å². The first kappa shape index (κ1) is 12.9. The quantitative estimate of drug-likeness (QED) is 0.439. The van der Waals surface area contributed by atoms with Crippen molar-refractivity contribution in [2.24, 2.45) is 12.9 Å². The van der Waals surface area contributed by atoms with E-state index in [0.29, 0.717) is 0 Å². The highest BCUT2D eigenvalue weighted by atomic mass is 15.3. The van der Waals surface area contributed by atoms with Crippen molar-refractivity contribution < 1.29 is 0 Å². The SMILES string of the molecule is C=C(CC)CC(NN)c1cn(C)nc1CC. The number of hydrogen-bond donors (Lipinski definition) is 2. The highest BCUT2D eigenvalue weighted by molar-refractivity contribution is 5.23. The molecular weight excluding hydrogens is 200 g/mol. The van der Waals surface area contributed by atoms with Crippen molar-refractivity contribution in [3.05, 3.63) is 29.6 Å². The third-order valence-electron chi connectivity index (χ3n) is 2.84. The van der Waals surface area contributed by atoms with E-state index in [4.69, 9.17) is 5.84 Å². The van der Waals surface area contributed by atoms with Crippen LogP contribution in [0, 0.1) is 0 Å². The first-order chi connectivity index (χ1) is 7.62. The Morgan fingerprint density at radius 3 is 2.81 bits per heavy atom. The molecule has 0 amide bonds. The van der Waals surface area contributed by atoms with Gasteiger partial charge in [-0.05, 0) is 19.3 Å². The predicted molar refractivity (Wildman–Crippen MR) is 66.7 cm³/mol.